The highest BCUT2D eigenvalue weighted by molar-refractivity contribution is 9.10. The van der Waals surface area contributed by atoms with Crippen LogP contribution in [0.15, 0.2) is 27.9 Å². The van der Waals surface area contributed by atoms with E-state index < -0.39 is 0 Å². The predicted octanol–water partition coefficient (Wildman–Crippen LogP) is 2.89. The first-order valence-corrected chi connectivity index (χ1v) is 7.68. The Balaban J connectivity index is 1.71. The lowest BCUT2D eigenvalue weighted by Crippen LogP contribution is -2.38. The molecule has 2 saturated heterocycles. The second-order valence-electron chi connectivity index (χ2n) is 5.29. The van der Waals surface area contributed by atoms with Gasteiger partial charge in [0.2, 0.25) is 0 Å². The minimum Gasteiger partial charge on any atom is -0.300 e. The maximum absolute atomic E-state index is 4.75. The van der Waals surface area contributed by atoms with Crippen molar-refractivity contribution in [2.75, 3.05) is 25.1 Å². The van der Waals surface area contributed by atoms with Crippen LogP contribution < -0.4 is 5.01 Å². The maximum Gasteiger partial charge on any atom is 0.149 e. The van der Waals surface area contributed by atoms with Crippen LogP contribution in [0.5, 0.6) is 0 Å². The van der Waals surface area contributed by atoms with E-state index in [1.807, 2.05) is 30.3 Å². The molecule has 0 aliphatic carbocycles. The van der Waals surface area contributed by atoms with E-state index in [2.05, 4.69) is 25.8 Å². The minimum atomic E-state index is 0.733. The van der Waals surface area contributed by atoms with Crippen molar-refractivity contribution in [1.29, 1.82) is 0 Å². The van der Waals surface area contributed by atoms with Crippen molar-refractivity contribution in [3.8, 4) is 0 Å². The number of pyridine rings is 1. The molecule has 1 atom stereocenters. The van der Waals surface area contributed by atoms with Gasteiger partial charge in [-0.3, -0.25) is 9.91 Å². The van der Waals surface area contributed by atoms with Crippen LogP contribution >= 0.6 is 15.9 Å². The van der Waals surface area contributed by atoms with E-state index in [1.165, 1.54) is 31.6 Å². The third kappa shape index (κ3) is 2.98. The van der Waals surface area contributed by atoms with Crippen LogP contribution in [0.2, 0.25) is 0 Å². The molecule has 2 fully saturated rings. The van der Waals surface area contributed by atoms with E-state index in [-0.39, 0.29) is 0 Å². The molecule has 1 aromatic rings. The summed E-state index contributed by atoms with van der Waals surface area (Å²) in [6.07, 6.45) is 4.89. The summed E-state index contributed by atoms with van der Waals surface area (Å²) < 4.78 is 0.850. The number of hydrogen-bond acceptors (Lipinski definition) is 4. The molecular weight excluding hydrogens is 304 g/mol. The van der Waals surface area contributed by atoms with Crippen molar-refractivity contribution in [2.45, 2.75) is 31.7 Å². The van der Waals surface area contributed by atoms with Crippen LogP contribution in [0.4, 0.5) is 5.82 Å². The quantitative estimate of drug-likeness (QED) is 0.619. The molecule has 2 aliphatic rings. The number of fused-ring (bicyclic) bond motifs is 1. The van der Waals surface area contributed by atoms with Crippen LogP contribution in [-0.2, 0) is 0 Å². The highest BCUT2D eigenvalue weighted by Crippen LogP contribution is 2.26. The zero-order valence-corrected chi connectivity index (χ0v) is 12.8. The van der Waals surface area contributed by atoms with Crippen LogP contribution in [0.25, 0.3) is 0 Å². The molecule has 2 aliphatic heterocycles. The molecule has 1 unspecified atom stereocenters. The first-order chi connectivity index (χ1) is 9.22. The van der Waals surface area contributed by atoms with Crippen molar-refractivity contribution >= 4 is 27.5 Å². The predicted molar refractivity (Wildman–Crippen MR) is 81.6 cm³/mol. The number of nitrogens with zero attached hydrogens (tertiary/aromatic N) is 4. The van der Waals surface area contributed by atoms with Crippen molar-refractivity contribution in [1.82, 2.24) is 9.88 Å². The summed E-state index contributed by atoms with van der Waals surface area (Å²) in [6, 6.07) is 6.64. The average Bonchev–Trinajstić information content (AvgIpc) is 2.86. The normalized spacial score (nSPS) is 25.6. The highest BCUT2D eigenvalue weighted by Gasteiger charge is 2.29. The molecular formula is C14H19BrN4. The third-order valence-corrected chi connectivity index (χ3v) is 4.42. The van der Waals surface area contributed by atoms with Crippen molar-refractivity contribution in [3.05, 3.63) is 22.8 Å². The van der Waals surface area contributed by atoms with Crippen LogP contribution in [0, 0.1) is 0 Å². The second kappa shape index (κ2) is 5.59. The summed E-state index contributed by atoms with van der Waals surface area (Å²) >= 11 is 3.40. The lowest BCUT2D eigenvalue weighted by Gasteiger charge is -2.30. The van der Waals surface area contributed by atoms with Gasteiger partial charge in [0, 0.05) is 38.2 Å². The van der Waals surface area contributed by atoms with Crippen LogP contribution in [-0.4, -0.2) is 41.8 Å². The Morgan fingerprint density at radius 1 is 1.42 bits per heavy atom. The topological polar surface area (TPSA) is 31.7 Å². The van der Waals surface area contributed by atoms with Gasteiger partial charge in [-0.05, 0) is 47.4 Å². The van der Waals surface area contributed by atoms with E-state index >= 15 is 0 Å². The molecule has 0 aromatic carbocycles. The fraction of sp³-hybridized carbons (Fsp3) is 0.571. The number of anilines is 1. The van der Waals surface area contributed by atoms with Gasteiger partial charge in [-0.25, -0.2) is 4.98 Å². The third-order valence-electron chi connectivity index (χ3n) is 3.98. The van der Waals surface area contributed by atoms with Gasteiger partial charge in [0.1, 0.15) is 10.4 Å². The molecule has 0 spiro atoms. The fourth-order valence-electron chi connectivity index (χ4n) is 3.00. The summed E-state index contributed by atoms with van der Waals surface area (Å²) in [6.45, 7) is 2.45. The molecule has 0 bridgehead atoms. The Morgan fingerprint density at radius 3 is 3.16 bits per heavy atom. The van der Waals surface area contributed by atoms with Gasteiger partial charge in [0.25, 0.3) is 0 Å². The van der Waals surface area contributed by atoms with Crippen LogP contribution in [0.1, 0.15) is 25.7 Å². The molecule has 102 valence electrons. The number of hydrazone groups is 1. The summed E-state index contributed by atoms with van der Waals surface area (Å²) in [4.78, 5) is 7.04. The number of aromatic nitrogens is 1. The zero-order valence-electron chi connectivity index (χ0n) is 11.2. The second-order valence-corrected chi connectivity index (χ2v) is 6.11. The zero-order chi connectivity index (χ0) is 13.2. The Hall–Kier alpha value is -0.940. The van der Waals surface area contributed by atoms with Crippen molar-refractivity contribution in [3.63, 3.8) is 0 Å². The molecule has 3 rings (SSSR count). The molecule has 0 N–H and O–H groups in total. The van der Waals surface area contributed by atoms with E-state index in [0.29, 0.717) is 0 Å². The molecule has 19 heavy (non-hydrogen) atoms. The molecule has 0 amide bonds. The lowest BCUT2D eigenvalue weighted by atomic mass is 10.0. The largest absolute Gasteiger partial charge is 0.300 e. The minimum absolute atomic E-state index is 0.733. The standard InChI is InChI=1S/C14H19BrN4/c1-18(14-6-2-5-13(15)16-14)17-11-7-9-19-8-3-4-12(19)10-11/h2,5-6,12H,3-4,7-10H2,1H3/b17-11+. The SMILES string of the molecule is CN(/N=C1\CCN2CCCC2C1)c1cccc(Br)n1. The smallest absolute Gasteiger partial charge is 0.149 e. The Kier molecular flexibility index (Phi) is 3.84. The van der Waals surface area contributed by atoms with Gasteiger partial charge < -0.3 is 0 Å². The fourth-order valence-corrected chi connectivity index (χ4v) is 3.33. The van der Waals surface area contributed by atoms with Gasteiger partial charge in [-0.1, -0.05) is 6.07 Å². The maximum atomic E-state index is 4.75. The number of piperidine rings is 1. The first-order valence-electron chi connectivity index (χ1n) is 6.89. The van der Waals surface area contributed by atoms with E-state index in [4.69, 9.17) is 5.10 Å². The Morgan fingerprint density at radius 2 is 2.32 bits per heavy atom. The first kappa shape index (κ1) is 13.1. The van der Waals surface area contributed by atoms with Crippen molar-refractivity contribution < 1.29 is 0 Å². The van der Waals surface area contributed by atoms with Crippen LogP contribution in [0.3, 0.4) is 0 Å². The monoisotopic (exact) mass is 322 g/mol. The number of rotatable bonds is 2. The summed E-state index contributed by atoms with van der Waals surface area (Å²) in [7, 11) is 1.97. The molecule has 0 radical (unpaired) electrons. The Labute approximate surface area is 122 Å². The van der Waals surface area contributed by atoms with E-state index in [9.17, 15) is 0 Å². The molecule has 4 nitrogen and oxygen atoms in total. The van der Waals surface area contributed by atoms with Gasteiger partial charge >= 0.3 is 0 Å². The summed E-state index contributed by atoms with van der Waals surface area (Å²) in [5, 5.41) is 6.64. The van der Waals surface area contributed by atoms with Gasteiger partial charge in [0.15, 0.2) is 0 Å². The highest BCUT2D eigenvalue weighted by atomic mass is 79.9. The molecule has 5 heteroatoms. The Bertz CT molecular complexity index is 488. The van der Waals surface area contributed by atoms with E-state index in [1.54, 1.807) is 0 Å². The van der Waals surface area contributed by atoms with Gasteiger partial charge in [0.05, 0.1) is 0 Å². The number of halogens is 1. The van der Waals surface area contributed by atoms with E-state index in [0.717, 1.165) is 29.3 Å². The van der Waals surface area contributed by atoms with Gasteiger partial charge in [-0.15, -0.1) is 0 Å². The number of hydrogen-bond donors (Lipinski definition) is 0. The molecule has 1 aromatic heterocycles. The summed E-state index contributed by atoms with van der Waals surface area (Å²) in [5.74, 6) is 0.885. The average molecular weight is 323 g/mol. The van der Waals surface area contributed by atoms with Crippen molar-refractivity contribution in [2.24, 2.45) is 5.10 Å². The molecule has 0 saturated carbocycles. The summed E-state index contributed by atoms with van der Waals surface area (Å²) in [5.41, 5.74) is 1.31. The van der Waals surface area contributed by atoms with Gasteiger partial charge in [-0.2, -0.15) is 5.10 Å². The lowest BCUT2D eigenvalue weighted by molar-refractivity contribution is 0.249. The molecule has 3 heterocycles.